The number of para-hydroxylation sites is 1. The Hall–Kier alpha value is -2.74. The van der Waals surface area contributed by atoms with E-state index >= 15 is 0 Å². The van der Waals surface area contributed by atoms with Crippen LogP contribution >= 0.6 is 0 Å². The Labute approximate surface area is 164 Å². The Bertz CT molecular complexity index is 891. The minimum Gasteiger partial charge on any atom is -0.338 e. The fourth-order valence-electron chi connectivity index (χ4n) is 3.93. The van der Waals surface area contributed by atoms with Crippen molar-refractivity contribution in [2.45, 2.75) is 39.3 Å². The van der Waals surface area contributed by atoms with Gasteiger partial charge in [0.1, 0.15) is 5.82 Å². The molecule has 2 aliphatic rings. The van der Waals surface area contributed by atoms with Gasteiger partial charge in [-0.1, -0.05) is 32.0 Å². The molecule has 1 aromatic heterocycles. The lowest BCUT2D eigenvalue weighted by Gasteiger charge is -2.24. The van der Waals surface area contributed by atoms with E-state index in [0.717, 1.165) is 55.4 Å². The summed E-state index contributed by atoms with van der Waals surface area (Å²) in [4.78, 5) is 27.2. The van der Waals surface area contributed by atoms with Crippen molar-refractivity contribution in [3.05, 3.63) is 41.5 Å². The van der Waals surface area contributed by atoms with Crippen LogP contribution in [0.4, 0.5) is 5.69 Å². The van der Waals surface area contributed by atoms with Gasteiger partial charge in [-0.15, -0.1) is 10.2 Å². The summed E-state index contributed by atoms with van der Waals surface area (Å²) in [6, 6.07) is 7.36. The first-order chi connectivity index (χ1) is 13.6. The minimum atomic E-state index is -0.598. The van der Waals surface area contributed by atoms with Crippen LogP contribution in [0.25, 0.3) is 0 Å². The molecule has 148 valence electrons. The first-order valence-electron chi connectivity index (χ1n) is 9.89. The average Bonchev–Trinajstić information content (AvgIpc) is 3.22. The summed E-state index contributed by atoms with van der Waals surface area (Å²) in [5.41, 5.74) is 1.92. The van der Waals surface area contributed by atoms with E-state index in [-0.39, 0.29) is 12.0 Å². The molecular formula is C20H26N6O2. The standard InChI is InChI=1S/C20H26N6O2/c1-13(2)17(18-24-23-16-7-9-21-10-12-26(16)18)22-19(27)20(28)25-11-8-14-5-3-4-6-15(14)25/h3-6,13,17,21H,7-12H2,1-2H3,(H,22,27). The van der Waals surface area contributed by atoms with E-state index in [9.17, 15) is 9.59 Å². The number of amides is 2. The Kier molecular flexibility index (Phi) is 5.13. The topological polar surface area (TPSA) is 92.2 Å². The molecule has 3 heterocycles. The highest BCUT2D eigenvalue weighted by molar-refractivity contribution is 6.40. The molecule has 0 saturated heterocycles. The average molecular weight is 382 g/mol. The van der Waals surface area contributed by atoms with Crippen LogP contribution < -0.4 is 15.5 Å². The molecule has 0 aliphatic carbocycles. The van der Waals surface area contributed by atoms with Crippen molar-refractivity contribution < 1.29 is 9.59 Å². The van der Waals surface area contributed by atoms with E-state index in [0.29, 0.717) is 6.54 Å². The van der Waals surface area contributed by atoms with Crippen molar-refractivity contribution in [3.63, 3.8) is 0 Å². The number of nitrogens with one attached hydrogen (secondary N) is 2. The second-order valence-corrected chi connectivity index (χ2v) is 7.66. The van der Waals surface area contributed by atoms with Gasteiger partial charge in [0.2, 0.25) is 0 Å². The van der Waals surface area contributed by atoms with Crippen LogP contribution in [0.5, 0.6) is 0 Å². The number of carbonyl (C=O) groups is 2. The normalized spacial score (nSPS) is 17.0. The van der Waals surface area contributed by atoms with Gasteiger partial charge in [-0.05, 0) is 24.0 Å². The molecule has 2 aliphatic heterocycles. The smallest absolute Gasteiger partial charge is 0.316 e. The van der Waals surface area contributed by atoms with Crippen LogP contribution in [-0.4, -0.2) is 46.2 Å². The van der Waals surface area contributed by atoms with Crippen LogP contribution in [-0.2, 0) is 29.0 Å². The van der Waals surface area contributed by atoms with E-state index < -0.39 is 11.8 Å². The maximum atomic E-state index is 12.8. The quantitative estimate of drug-likeness (QED) is 0.767. The molecule has 4 rings (SSSR count). The fraction of sp³-hybridized carbons (Fsp3) is 0.500. The third kappa shape index (κ3) is 3.40. The summed E-state index contributed by atoms with van der Waals surface area (Å²) in [6.45, 7) is 7.01. The molecule has 2 N–H and O–H groups in total. The van der Waals surface area contributed by atoms with Crippen molar-refractivity contribution in [1.29, 1.82) is 0 Å². The molecule has 0 fully saturated rings. The van der Waals surface area contributed by atoms with Gasteiger partial charge < -0.3 is 20.1 Å². The highest BCUT2D eigenvalue weighted by Gasteiger charge is 2.33. The highest BCUT2D eigenvalue weighted by atomic mass is 16.2. The summed E-state index contributed by atoms with van der Waals surface area (Å²) >= 11 is 0. The lowest BCUT2D eigenvalue weighted by atomic mass is 10.0. The van der Waals surface area contributed by atoms with E-state index in [1.54, 1.807) is 4.90 Å². The molecule has 1 atom stereocenters. The summed E-state index contributed by atoms with van der Waals surface area (Å²) in [5, 5.41) is 14.9. The maximum absolute atomic E-state index is 12.8. The Morgan fingerprint density at radius 1 is 1.11 bits per heavy atom. The van der Waals surface area contributed by atoms with Crippen LogP contribution in [0.1, 0.15) is 37.1 Å². The summed E-state index contributed by atoms with van der Waals surface area (Å²) in [5.74, 6) is 0.593. The van der Waals surface area contributed by atoms with Gasteiger partial charge in [0, 0.05) is 38.3 Å². The van der Waals surface area contributed by atoms with Gasteiger partial charge in [0.25, 0.3) is 0 Å². The molecule has 0 spiro atoms. The largest absolute Gasteiger partial charge is 0.338 e. The summed E-state index contributed by atoms with van der Waals surface area (Å²) in [6.07, 6.45) is 1.57. The fourth-order valence-corrected chi connectivity index (χ4v) is 3.93. The summed E-state index contributed by atoms with van der Waals surface area (Å²) in [7, 11) is 0. The Balaban J connectivity index is 1.54. The third-order valence-corrected chi connectivity index (χ3v) is 5.45. The zero-order valence-electron chi connectivity index (χ0n) is 16.3. The molecule has 1 unspecified atom stereocenters. The van der Waals surface area contributed by atoms with Gasteiger partial charge in [-0.2, -0.15) is 0 Å². The molecule has 1 aromatic carbocycles. The van der Waals surface area contributed by atoms with Crippen LogP contribution in [0, 0.1) is 5.92 Å². The molecule has 0 radical (unpaired) electrons. The number of anilines is 1. The van der Waals surface area contributed by atoms with Crippen molar-refractivity contribution in [1.82, 2.24) is 25.4 Å². The molecular weight excluding hydrogens is 356 g/mol. The highest BCUT2D eigenvalue weighted by Crippen LogP contribution is 2.28. The maximum Gasteiger partial charge on any atom is 0.316 e. The molecule has 8 nitrogen and oxygen atoms in total. The third-order valence-electron chi connectivity index (χ3n) is 5.45. The van der Waals surface area contributed by atoms with Crippen molar-refractivity contribution in [2.24, 2.45) is 5.92 Å². The predicted octanol–water partition coefficient (Wildman–Crippen LogP) is 0.826. The van der Waals surface area contributed by atoms with E-state index in [2.05, 4.69) is 25.4 Å². The van der Waals surface area contributed by atoms with Gasteiger partial charge in [-0.3, -0.25) is 9.59 Å². The van der Waals surface area contributed by atoms with Gasteiger partial charge >= 0.3 is 11.8 Å². The molecule has 0 saturated carbocycles. The van der Waals surface area contributed by atoms with Crippen LogP contribution in [0.2, 0.25) is 0 Å². The Morgan fingerprint density at radius 3 is 2.75 bits per heavy atom. The van der Waals surface area contributed by atoms with E-state index in [1.165, 1.54) is 0 Å². The van der Waals surface area contributed by atoms with Crippen LogP contribution in [0.3, 0.4) is 0 Å². The number of nitrogens with zero attached hydrogens (tertiary/aromatic N) is 4. The molecule has 2 aromatic rings. The van der Waals surface area contributed by atoms with Gasteiger partial charge in [0.15, 0.2) is 5.82 Å². The van der Waals surface area contributed by atoms with Crippen molar-refractivity contribution in [2.75, 3.05) is 24.5 Å². The number of hydrogen-bond acceptors (Lipinski definition) is 5. The number of fused-ring (bicyclic) bond motifs is 2. The number of benzene rings is 1. The van der Waals surface area contributed by atoms with Crippen molar-refractivity contribution in [3.8, 4) is 0 Å². The number of hydrogen-bond donors (Lipinski definition) is 2. The SMILES string of the molecule is CC(C)C(NC(=O)C(=O)N1CCc2ccccc21)c1nnc2n1CCNCC2. The van der Waals surface area contributed by atoms with Gasteiger partial charge in [0.05, 0.1) is 6.04 Å². The molecule has 2 amide bonds. The summed E-state index contributed by atoms with van der Waals surface area (Å²) < 4.78 is 2.07. The zero-order chi connectivity index (χ0) is 19.7. The predicted molar refractivity (Wildman–Crippen MR) is 105 cm³/mol. The monoisotopic (exact) mass is 382 g/mol. The number of aromatic nitrogens is 3. The van der Waals surface area contributed by atoms with E-state index in [1.807, 2.05) is 38.1 Å². The molecule has 8 heteroatoms. The first-order valence-corrected chi connectivity index (χ1v) is 9.89. The first kappa shape index (κ1) is 18.6. The van der Waals surface area contributed by atoms with Crippen molar-refractivity contribution >= 4 is 17.5 Å². The minimum absolute atomic E-state index is 0.0760. The zero-order valence-corrected chi connectivity index (χ0v) is 16.3. The number of rotatable bonds is 3. The lowest BCUT2D eigenvalue weighted by molar-refractivity contribution is -0.138. The second-order valence-electron chi connectivity index (χ2n) is 7.66. The second kappa shape index (κ2) is 7.71. The van der Waals surface area contributed by atoms with E-state index in [4.69, 9.17) is 0 Å². The molecule has 28 heavy (non-hydrogen) atoms. The number of carbonyl (C=O) groups excluding carboxylic acids is 2. The lowest BCUT2D eigenvalue weighted by Crippen LogP contribution is -2.45. The Morgan fingerprint density at radius 2 is 1.93 bits per heavy atom. The van der Waals surface area contributed by atoms with Crippen LogP contribution in [0.15, 0.2) is 24.3 Å². The molecule has 0 bridgehead atoms. The van der Waals surface area contributed by atoms with Gasteiger partial charge in [-0.25, -0.2) is 0 Å².